The first-order chi connectivity index (χ1) is 13.5. The Labute approximate surface area is 162 Å². The number of benzene rings is 1. The van der Waals surface area contributed by atoms with Gasteiger partial charge in [0.05, 0.1) is 0 Å². The molecular formula is C19H23FN6O2. The zero-order valence-electron chi connectivity index (χ0n) is 15.6. The number of halogens is 1. The van der Waals surface area contributed by atoms with Crippen molar-refractivity contribution in [3.8, 4) is 0 Å². The van der Waals surface area contributed by atoms with Crippen molar-refractivity contribution in [3.05, 3.63) is 54.1 Å². The molecule has 0 aliphatic carbocycles. The molecule has 2 N–H and O–H groups in total. The van der Waals surface area contributed by atoms with Crippen LogP contribution in [-0.4, -0.2) is 59.0 Å². The molecule has 3 amide bonds. The minimum Gasteiger partial charge on any atom is -0.350 e. The number of hydrogen-bond donors (Lipinski definition) is 2. The summed E-state index contributed by atoms with van der Waals surface area (Å²) < 4.78 is 13.6. The first-order valence-corrected chi connectivity index (χ1v) is 9.13. The molecule has 9 heteroatoms. The summed E-state index contributed by atoms with van der Waals surface area (Å²) in [7, 11) is 0. The summed E-state index contributed by atoms with van der Waals surface area (Å²) in [6.45, 7) is 3.92. The maximum atomic E-state index is 13.6. The molecule has 2 heterocycles. The van der Waals surface area contributed by atoms with Crippen LogP contribution in [0.1, 0.15) is 12.5 Å². The Kier molecular flexibility index (Phi) is 6.36. The summed E-state index contributed by atoms with van der Waals surface area (Å²) in [5.74, 6) is -0.101. The van der Waals surface area contributed by atoms with Gasteiger partial charge in [0.2, 0.25) is 11.9 Å². The van der Waals surface area contributed by atoms with Gasteiger partial charge in [-0.2, -0.15) is 0 Å². The van der Waals surface area contributed by atoms with Gasteiger partial charge in [0.15, 0.2) is 0 Å². The van der Waals surface area contributed by atoms with Gasteiger partial charge in [-0.3, -0.25) is 4.79 Å². The van der Waals surface area contributed by atoms with Gasteiger partial charge in [0.25, 0.3) is 0 Å². The van der Waals surface area contributed by atoms with Gasteiger partial charge in [-0.05, 0) is 19.1 Å². The lowest BCUT2D eigenvalue weighted by molar-refractivity contribution is -0.122. The monoisotopic (exact) mass is 386 g/mol. The lowest BCUT2D eigenvalue weighted by atomic mass is 10.2. The van der Waals surface area contributed by atoms with E-state index in [4.69, 9.17) is 0 Å². The molecular weight excluding hydrogens is 363 g/mol. The topological polar surface area (TPSA) is 90.5 Å². The smallest absolute Gasteiger partial charge is 0.318 e. The van der Waals surface area contributed by atoms with Crippen LogP contribution >= 0.6 is 0 Å². The number of rotatable bonds is 5. The van der Waals surface area contributed by atoms with Crippen LogP contribution in [0.15, 0.2) is 42.7 Å². The summed E-state index contributed by atoms with van der Waals surface area (Å²) in [5.41, 5.74) is 0.397. The number of hydrogen-bond acceptors (Lipinski definition) is 5. The van der Waals surface area contributed by atoms with Crippen molar-refractivity contribution in [2.24, 2.45) is 0 Å². The molecule has 1 aromatic carbocycles. The number of carbonyl (C=O) groups is 2. The zero-order chi connectivity index (χ0) is 19.9. The highest BCUT2D eigenvalue weighted by atomic mass is 19.1. The second kappa shape index (κ2) is 9.12. The van der Waals surface area contributed by atoms with E-state index in [-0.39, 0.29) is 24.3 Å². The van der Waals surface area contributed by atoms with Crippen molar-refractivity contribution in [1.82, 2.24) is 25.5 Å². The molecule has 0 saturated carbocycles. The van der Waals surface area contributed by atoms with Crippen LogP contribution in [0.4, 0.5) is 15.1 Å². The third-order valence-corrected chi connectivity index (χ3v) is 4.55. The van der Waals surface area contributed by atoms with Gasteiger partial charge in [0, 0.05) is 50.7 Å². The van der Waals surface area contributed by atoms with Gasteiger partial charge in [0.1, 0.15) is 11.9 Å². The third-order valence-electron chi connectivity index (χ3n) is 4.55. The van der Waals surface area contributed by atoms with Gasteiger partial charge < -0.3 is 20.4 Å². The van der Waals surface area contributed by atoms with Crippen LogP contribution in [0.25, 0.3) is 0 Å². The molecule has 148 valence electrons. The lowest BCUT2D eigenvalue weighted by Crippen LogP contribution is -2.55. The Morgan fingerprint density at radius 1 is 1.11 bits per heavy atom. The first kappa shape index (κ1) is 19.5. The van der Waals surface area contributed by atoms with Gasteiger partial charge in [-0.25, -0.2) is 19.2 Å². The van der Waals surface area contributed by atoms with Crippen molar-refractivity contribution in [1.29, 1.82) is 0 Å². The van der Waals surface area contributed by atoms with E-state index in [0.717, 1.165) is 0 Å². The maximum Gasteiger partial charge on any atom is 0.318 e. The Balaban J connectivity index is 1.44. The number of carbonyl (C=O) groups excluding carboxylic acids is 2. The number of nitrogens with zero attached hydrogens (tertiary/aromatic N) is 4. The largest absolute Gasteiger partial charge is 0.350 e. The maximum absolute atomic E-state index is 13.6. The second-order valence-corrected chi connectivity index (χ2v) is 6.50. The van der Waals surface area contributed by atoms with Gasteiger partial charge in [-0.1, -0.05) is 18.2 Å². The Morgan fingerprint density at radius 2 is 1.79 bits per heavy atom. The number of urea groups is 1. The average molecular weight is 386 g/mol. The summed E-state index contributed by atoms with van der Waals surface area (Å²) in [5, 5.41) is 5.33. The molecule has 0 unspecified atom stereocenters. The number of nitrogens with one attached hydrogen (secondary N) is 2. The minimum atomic E-state index is -0.727. The van der Waals surface area contributed by atoms with E-state index < -0.39 is 6.04 Å². The SMILES string of the molecule is C[C@@H](NC(=O)N1CCN(c2ncccn2)CC1)C(=O)NCc1ccccc1F. The van der Waals surface area contributed by atoms with E-state index >= 15 is 0 Å². The fourth-order valence-electron chi connectivity index (χ4n) is 2.88. The highest BCUT2D eigenvalue weighted by molar-refractivity contribution is 5.86. The Bertz CT molecular complexity index is 811. The standard InChI is InChI=1S/C19H23FN6O2/c1-14(17(27)23-13-15-5-2-3-6-16(15)20)24-19(28)26-11-9-25(10-12-26)18-21-7-4-8-22-18/h2-8,14H,9-13H2,1H3,(H,23,27)(H,24,28)/t14-/m1/s1. The molecule has 1 aliphatic heterocycles. The third kappa shape index (κ3) is 4.93. The molecule has 28 heavy (non-hydrogen) atoms. The number of aromatic nitrogens is 2. The molecule has 0 spiro atoms. The average Bonchev–Trinajstić information content (AvgIpc) is 2.73. The van der Waals surface area contributed by atoms with Crippen LogP contribution in [0.3, 0.4) is 0 Å². The molecule has 8 nitrogen and oxygen atoms in total. The van der Waals surface area contributed by atoms with Gasteiger partial charge >= 0.3 is 6.03 Å². The van der Waals surface area contributed by atoms with Crippen LogP contribution < -0.4 is 15.5 Å². The molecule has 0 bridgehead atoms. The summed E-state index contributed by atoms with van der Waals surface area (Å²) >= 11 is 0. The fourth-order valence-corrected chi connectivity index (χ4v) is 2.88. The van der Waals surface area contributed by atoms with E-state index in [9.17, 15) is 14.0 Å². The number of piperazine rings is 1. The van der Waals surface area contributed by atoms with Crippen LogP contribution in [0.5, 0.6) is 0 Å². The molecule has 1 fully saturated rings. The highest BCUT2D eigenvalue weighted by Crippen LogP contribution is 2.10. The van der Waals surface area contributed by atoms with Crippen molar-refractivity contribution < 1.29 is 14.0 Å². The second-order valence-electron chi connectivity index (χ2n) is 6.50. The van der Waals surface area contributed by atoms with Gasteiger partial charge in [-0.15, -0.1) is 0 Å². The van der Waals surface area contributed by atoms with E-state index in [1.54, 1.807) is 48.5 Å². The van der Waals surface area contributed by atoms with Crippen LogP contribution in [0.2, 0.25) is 0 Å². The molecule has 0 radical (unpaired) electrons. The van der Waals surface area contributed by atoms with Crippen LogP contribution in [0, 0.1) is 5.82 Å². The predicted octanol–water partition coefficient (Wildman–Crippen LogP) is 1.15. The van der Waals surface area contributed by atoms with E-state index in [1.807, 2.05) is 4.90 Å². The summed E-state index contributed by atoms with van der Waals surface area (Å²) in [6.07, 6.45) is 3.37. The molecule has 1 aromatic heterocycles. The lowest BCUT2D eigenvalue weighted by Gasteiger charge is -2.35. The zero-order valence-corrected chi connectivity index (χ0v) is 15.6. The first-order valence-electron chi connectivity index (χ1n) is 9.13. The molecule has 1 saturated heterocycles. The Morgan fingerprint density at radius 3 is 2.46 bits per heavy atom. The quantitative estimate of drug-likeness (QED) is 0.805. The fraction of sp³-hybridized carbons (Fsp3) is 0.368. The predicted molar refractivity (Wildman–Crippen MR) is 102 cm³/mol. The van der Waals surface area contributed by atoms with E-state index in [0.29, 0.717) is 37.7 Å². The number of anilines is 1. The van der Waals surface area contributed by atoms with E-state index in [1.165, 1.54) is 6.07 Å². The molecule has 2 aromatic rings. The minimum absolute atomic E-state index is 0.0709. The summed E-state index contributed by atoms with van der Waals surface area (Å²) in [6, 6.07) is 6.97. The molecule has 1 atom stereocenters. The molecule has 1 aliphatic rings. The van der Waals surface area contributed by atoms with Crippen molar-refractivity contribution in [3.63, 3.8) is 0 Å². The van der Waals surface area contributed by atoms with E-state index in [2.05, 4.69) is 20.6 Å². The van der Waals surface area contributed by atoms with Crippen molar-refractivity contribution in [2.45, 2.75) is 19.5 Å². The van der Waals surface area contributed by atoms with Crippen molar-refractivity contribution in [2.75, 3.05) is 31.1 Å². The normalized spacial score (nSPS) is 15.1. The number of amides is 3. The highest BCUT2D eigenvalue weighted by Gasteiger charge is 2.24. The van der Waals surface area contributed by atoms with Crippen LogP contribution in [-0.2, 0) is 11.3 Å². The Hall–Kier alpha value is -3.23. The summed E-state index contributed by atoms with van der Waals surface area (Å²) in [4.78, 5) is 36.7. The molecule has 3 rings (SSSR count). The van der Waals surface area contributed by atoms with Crippen molar-refractivity contribution >= 4 is 17.9 Å².